The Bertz CT molecular complexity index is 1730. The Morgan fingerprint density at radius 3 is 2.32 bits per heavy atom. The van der Waals surface area contributed by atoms with Crippen LogP contribution >= 0.6 is 11.3 Å². The quantitative estimate of drug-likeness (QED) is 0.215. The fourth-order valence-corrected chi connectivity index (χ4v) is 6.65. The summed E-state index contributed by atoms with van der Waals surface area (Å²) in [6.07, 6.45) is 6.54. The van der Waals surface area contributed by atoms with Gasteiger partial charge < -0.3 is 14.7 Å². The first-order chi connectivity index (χ1) is 21.3. The fourth-order valence-electron chi connectivity index (χ4n) is 5.81. The number of hydrogen-bond donors (Lipinski definition) is 2. The molecule has 1 fully saturated rings. The average Bonchev–Trinajstić information content (AvgIpc) is 3.84. The van der Waals surface area contributed by atoms with E-state index >= 15 is 0 Å². The lowest BCUT2D eigenvalue weighted by Gasteiger charge is -2.31. The van der Waals surface area contributed by atoms with Crippen LogP contribution in [0.3, 0.4) is 0 Å². The summed E-state index contributed by atoms with van der Waals surface area (Å²) in [4.78, 5) is 57.4. The zero-order chi connectivity index (χ0) is 30.8. The number of amides is 5. The molecule has 0 radical (unpaired) electrons. The Balaban J connectivity index is 1.08. The van der Waals surface area contributed by atoms with Gasteiger partial charge in [0.25, 0.3) is 11.8 Å². The van der Waals surface area contributed by atoms with Gasteiger partial charge in [-0.05, 0) is 43.3 Å². The highest BCUT2D eigenvalue weighted by atomic mass is 32.1. The Morgan fingerprint density at radius 2 is 1.68 bits per heavy atom. The molecule has 4 aromatic rings. The van der Waals surface area contributed by atoms with Crippen molar-refractivity contribution in [2.24, 2.45) is 0 Å². The number of aromatic nitrogens is 2. The second kappa shape index (κ2) is 12.0. The summed E-state index contributed by atoms with van der Waals surface area (Å²) in [5.74, 6) is -0.788. The van der Waals surface area contributed by atoms with Gasteiger partial charge in [-0.2, -0.15) is 4.48 Å². The molecule has 6 rings (SSSR count). The number of rotatable bonds is 6. The van der Waals surface area contributed by atoms with Crippen molar-refractivity contribution in [1.82, 2.24) is 15.0 Å². The zero-order valence-corrected chi connectivity index (χ0v) is 25.0. The molecule has 5 amide bonds. The van der Waals surface area contributed by atoms with Gasteiger partial charge in [0.15, 0.2) is 0 Å². The number of imide groups is 1. The first-order valence-corrected chi connectivity index (χ1v) is 15.2. The van der Waals surface area contributed by atoms with Crippen LogP contribution in [0.15, 0.2) is 82.8 Å². The van der Waals surface area contributed by atoms with E-state index in [1.54, 1.807) is 24.3 Å². The third-order valence-corrected chi connectivity index (χ3v) is 9.17. The Morgan fingerprint density at radius 1 is 0.977 bits per heavy atom. The van der Waals surface area contributed by atoms with Crippen LogP contribution in [-0.2, 0) is 9.59 Å². The van der Waals surface area contributed by atoms with E-state index in [1.807, 2.05) is 48.7 Å². The van der Waals surface area contributed by atoms with E-state index < -0.39 is 11.9 Å². The Kier molecular flexibility index (Phi) is 7.93. The summed E-state index contributed by atoms with van der Waals surface area (Å²) >= 11 is 1.50. The smallest absolute Gasteiger partial charge is 0.351 e. The molecule has 2 aliphatic heterocycles. The molecular weight excluding hydrogens is 580 g/mol. The summed E-state index contributed by atoms with van der Waals surface area (Å²) < 4.78 is 4.79. The van der Waals surface area contributed by atoms with E-state index in [0.29, 0.717) is 24.5 Å². The van der Waals surface area contributed by atoms with Gasteiger partial charge in [0.2, 0.25) is 5.76 Å². The lowest BCUT2D eigenvalue weighted by Crippen LogP contribution is -2.59. The molecule has 12 heteroatoms. The zero-order valence-electron chi connectivity index (χ0n) is 24.2. The summed E-state index contributed by atoms with van der Waals surface area (Å²) in [6, 6.07) is 15.2. The average molecular weight is 612 g/mol. The number of likely N-dealkylation sites (tertiary alicyclic amines) is 1. The molecule has 11 nitrogen and oxygen atoms in total. The molecule has 2 aliphatic rings. The van der Waals surface area contributed by atoms with Crippen LogP contribution in [0.2, 0.25) is 0 Å². The van der Waals surface area contributed by atoms with Gasteiger partial charge in [-0.1, -0.05) is 29.4 Å². The van der Waals surface area contributed by atoms with Gasteiger partial charge >= 0.3 is 11.9 Å². The van der Waals surface area contributed by atoms with Crippen molar-refractivity contribution in [2.75, 3.05) is 23.7 Å². The minimum Gasteiger partial charge on any atom is -0.351 e. The molecule has 3 atom stereocenters. The largest absolute Gasteiger partial charge is 0.428 e. The SMILES string of the molecule is CC(=O)[N+]1(C(=O)Nc2ccc(-c3nc(-c4ccc(NC(=O)[C@@H]5C=CCN5C(=O)c5ccno5)cc4)cs3)cc2)CCC[C@H]1C. The van der Waals surface area contributed by atoms with Gasteiger partial charge in [0, 0.05) is 53.3 Å². The molecule has 2 aromatic carbocycles. The van der Waals surface area contributed by atoms with E-state index in [2.05, 4.69) is 15.8 Å². The van der Waals surface area contributed by atoms with Crippen LogP contribution in [0.4, 0.5) is 16.2 Å². The Hall–Kier alpha value is -4.94. The topological polar surface area (TPSA) is 134 Å². The second-order valence-corrected chi connectivity index (χ2v) is 11.8. The predicted octanol–water partition coefficient (Wildman–Crippen LogP) is 5.56. The second-order valence-electron chi connectivity index (χ2n) is 10.9. The minimum absolute atomic E-state index is 0.0397. The molecule has 1 unspecified atom stereocenters. The predicted molar refractivity (Wildman–Crippen MR) is 166 cm³/mol. The number of anilines is 2. The maximum absolute atomic E-state index is 13.1. The van der Waals surface area contributed by atoms with Crippen molar-refractivity contribution >= 4 is 46.5 Å². The molecule has 224 valence electrons. The van der Waals surface area contributed by atoms with Crippen molar-refractivity contribution < 1.29 is 28.2 Å². The van der Waals surface area contributed by atoms with Crippen molar-refractivity contribution in [3.63, 3.8) is 0 Å². The number of nitrogens with one attached hydrogen (secondary N) is 2. The lowest BCUT2D eigenvalue weighted by atomic mass is 10.1. The van der Waals surface area contributed by atoms with Crippen molar-refractivity contribution in [2.45, 2.75) is 38.8 Å². The van der Waals surface area contributed by atoms with E-state index in [-0.39, 0.29) is 34.1 Å². The van der Waals surface area contributed by atoms with Crippen molar-refractivity contribution in [3.8, 4) is 21.8 Å². The van der Waals surface area contributed by atoms with Gasteiger partial charge in [0.05, 0.1) is 25.4 Å². The molecule has 2 aromatic heterocycles. The molecule has 0 aliphatic carbocycles. The summed E-state index contributed by atoms with van der Waals surface area (Å²) in [7, 11) is 0. The lowest BCUT2D eigenvalue weighted by molar-refractivity contribution is -0.781. The molecule has 0 bridgehead atoms. The van der Waals surface area contributed by atoms with Crippen LogP contribution in [0, 0.1) is 0 Å². The van der Waals surface area contributed by atoms with Crippen LogP contribution in [0.25, 0.3) is 21.8 Å². The number of benzene rings is 2. The summed E-state index contributed by atoms with van der Waals surface area (Å²) in [6.45, 7) is 4.27. The maximum atomic E-state index is 13.1. The van der Waals surface area contributed by atoms with Crippen molar-refractivity contribution in [1.29, 1.82) is 0 Å². The van der Waals surface area contributed by atoms with E-state index in [4.69, 9.17) is 9.51 Å². The molecule has 44 heavy (non-hydrogen) atoms. The summed E-state index contributed by atoms with van der Waals surface area (Å²) in [5.41, 5.74) is 3.80. The number of carbonyl (C=O) groups is 4. The van der Waals surface area contributed by atoms with Crippen molar-refractivity contribution in [3.05, 3.63) is 84.1 Å². The number of nitrogens with zero attached hydrogens (tertiary/aromatic N) is 4. The third kappa shape index (κ3) is 5.45. The number of carbonyl (C=O) groups excluding carboxylic acids is 4. The first-order valence-electron chi connectivity index (χ1n) is 14.3. The van der Waals surface area contributed by atoms with Crippen LogP contribution < -0.4 is 10.6 Å². The summed E-state index contributed by atoms with van der Waals surface area (Å²) in [5, 5.41) is 12.2. The van der Waals surface area contributed by atoms with Gasteiger partial charge in [0.1, 0.15) is 17.1 Å². The molecule has 0 saturated carbocycles. The number of thiazole rings is 1. The van der Waals surface area contributed by atoms with Crippen LogP contribution in [0.1, 0.15) is 37.2 Å². The third-order valence-electron chi connectivity index (χ3n) is 8.28. The van der Waals surface area contributed by atoms with E-state index in [0.717, 1.165) is 34.7 Å². The first kappa shape index (κ1) is 29.1. The maximum Gasteiger partial charge on any atom is 0.428 e. The Labute approximate surface area is 257 Å². The van der Waals surface area contributed by atoms with Crippen LogP contribution in [0.5, 0.6) is 0 Å². The highest BCUT2D eigenvalue weighted by Gasteiger charge is 2.50. The highest BCUT2D eigenvalue weighted by molar-refractivity contribution is 7.13. The van der Waals surface area contributed by atoms with Crippen LogP contribution in [-0.4, -0.2) is 68.4 Å². The van der Waals surface area contributed by atoms with Gasteiger partial charge in [-0.25, -0.2) is 14.6 Å². The molecular formula is C32H31N6O5S+. The molecule has 1 saturated heterocycles. The standard InChI is InChI=1S/C32H30N6O5S/c1-20-5-4-18-38(20,21(2)39)32(42)35-25-13-9-23(10-14-25)30-36-26(19-44-30)22-7-11-24(12-8-22)34-29(40)27-6-3-17-37(27)31(41)28-15-16-33-43-28/h3,6-16,19-20,27H,4-5,17-18H2,1-2H3,(H-,34,35,36,40,42)/p+1/t20-,27+,38?/m1/s1. The van der Waals surface area contributed by atoms with E-state index in [9.17, 15) is 19.2 Å². The van der Waals surface area contributed by atoms with E-state index in [1.165, 1.54) is 35.4 Å². The number of quaternary nitrogens is 1. The normalized spacial score (nSPS) is 20.9. The fraction of sp³-hybridized carbons (Fsp3) is 0.250. The minimum atomic E-state index is -0.756. The highest BCUT2D eigenvalue weighted by Crippen LogP contribution is 2.32. The van der Waals surface area contributed by atoms with Gasteiger partial charge in [-0.15, -0.1) is 11.3 Å². The molecule has 2 N–H and O–H groups in total. The monoisotopic (exact) mass is 611 g/mol. The number of urea groups is 1. The molecule has 0 spiro atoms. The molecule has 4 heterocycles. The number of hydrogen-bond acceptors (Lipinski definition) is 8. The van der Waals surface area contributed by atoms with Gasteiger partial charge in [-0.3, -0.25) is 14.9 Å².